The van der Waals surface area contributed by atoms with Gasteiger partial charge in [0.15, 0.2) is 6.39 Å². The predicted molar refractivity (Wildman–Crippen MR) is 83.1 cm³/mol. The summed E-state index contributed by atoms with van der Waals surface area (Å²) >= 11 is 0. The Kier molecular flexibility index (Phi) is 3.26. The van der Waals surface area contributed by atoms with Crippen molar-refractivity contribution in [1.82, 2.24) is 9.88 Å². The lowest BCUT2D eigenvalue weighted by Crippen LogP contribution is -2.29. The SMILES string of the molecule is CN(C)CCC1(C)CNc2ccc(-c3cocn3)cc21.[HH]. The Hall–Kier alpha value is -1.81. The number of fused-ring (bicyclic) bond motifs is 1. The molecule has 1 N–H and O–H groups in total. The van der Waals surface area contributed by atoms with Crippen molar-refractivity contribution in [2.75, 3.05) is 32.5 Å². The van der Waals surface area contributed by atoms with Gasteiger partial charge in [-0.25, -0.2) is 4.98 Å². The molecule has 1 aromatic carbocycles. The first kappa shape index (κ1) is 13.2. The molecule has 1 unspecified atom stereocenters. The zero-order valence-corrected chi connectivity index (χ0v) is 12.3. The number of benzene rings is 1. The fraction of sp³-hybridized carbons (Fsp3) is 0.438. The van der Waals surface area contributed by atoms with Crippen molar-refractivity contribution >= 4 is 5.69 Å². The van der Waals surface area contributed by atoms with E-state index in [0.717, 1.165) is 30.8 Å². The second kappa shape index (κ2) is 4.94. The molecule has 2 aromatic rings. The van der Waals surface area contributed by atoms with Gasteiger partial charge in [-0.3, -0.25) is 0 Å². The Morgan fingerprint density at radius 3 is 3.00 bits per heavy atom. The summed E-state index contributed by atoms with van der Waals surface area (Å²) in [5, 5.41) is 3.52. The van der Waals surface area contributed by atoms with Gasteiger partial charge in [0, 0.05) is 24.6 Å². The molecule has 3 rings (SSSR count). The summed E-state index contributed by atoms with van der Waals surface area (Å²) < 4.78 is 5.09. The molecular formula is C16H23N3O. The molecule has 1 aromatic heterocycles. The monoisotopic (exact) mass is 273 g/mol. The van der Waals surface area contributed by atoms with Crippen molar-refractivity contribution < 1.29 is 5.84 Å². The quantitative estimate of drug-likeness (QED) is 0.928. The molecule has 0 aliphatic carbocycles. The van der Waals surface area contributed by atoms with Crippen LogP contribution in [0, 0.1) is 0 Å². The van der Waals surface area contributed by atoms with Crippen LogP contribution in [0.5, 0.6) is 0 Å². The van der Waals surface area contributed by atoms with Gasteiger partial charge in [0.05, 0.1) is 0 Å². The van der Waals surface area contributed by atoms with Crippen molar-refractivity contribution in [2.45, 2.75) is 18.8 Å². The molecule has 1 aliphatic heterocycles. The standard InChI is InChI=1S/C16H21N3O.H2/c1-16(6-7-19(2)3)10-17-14-5-4-12(8-13(14)16)15-9-20-11-18-15;/h4-5,8-9,11,17H,6-7,10H2,1-3H3;1H. The number of hydrogen-bond donors (Lipinski definition) is 1. The highest BCUT2D eigenvalue weighted by molar-refractivity contribution is 5.69. The first-order valence-electron chi connectivity index (χ1n) is 7.00. The summed E-state index contributed by atoms with van der Waals surface area (Å²) in [5.41, 5.74) is 4.84. The average molecular weight is 273 g/mol. The highest BCUT2D eigenvalue weighted by Crippen LogP contribution is 2.40. The van der Waals surface area contributed by atoms with Gasteiger partial charge in [0.25, 0.3) is 0 Å². The number of nitrogens with zero attached hydrogens (tertiary/aromatic N) is 2. The van der Waals surface area contributed by atoms with Gasteiger partial charge >= 0.3 is 0 Å². The van der Waals surface area contributed by atoms with Crippen molar-refractivity contribution in [1.29, 1.82) is 0 Å². The molecule has 1 atom stereocenters. The maximum Gasteiger partial charge on any atom is 0.181 e. The molecular weight excluding hydrogens is 250 g/mol. The lowest BCUT2D eigenvalue weighted by molar-refractivity contribution is 0.343. The van der Waals surface area contributed by atoms with Crippen molar-refractivity contribution in [3.63, 3.8) is 0 Å². The summed E-state index contributed by atoms with van der Waals surface area (Å²) in [5.74, 6) is 0. The van der Waals surface area contributed by atoms with E-state index >= 15 is 0 Å². The third-order valence-corrected chi connectivity index (χ3v) is 4.18. The zero-order chi connectivity index (χ0) is 14.2. The Morgan fingerprint density at radius 2 is 2.30 bits per heavy atom. The highest BCUT2D eigenvalue weighted by atomic mass is 16.3. The summed E-state index contributed by atoms with van der Waals surface area (Å²) in [4.78, 5) is 6.48. The number of aromatic nitrogens is 1. The molecule has 2 heterocycles. The van der Waals surface area contributed by atoms with Crippen LogP contribution in [0.1, 0.15) is 20.3 Å². The Balaban J connectivity index is 0.00000161. The van der Waals surface area contributed by atoms with Crippen LogP contribution in [-0.4, -0.2) is 37.1 Å². The lowest BCUT2D eigenvalue weighted by atomic mass is 9.80. The van der Waals surface area contributed by atoms with E-state index in [9.17, 15) is 0 Å². The summed E-state index contributed by atoms with van der Waals surface area (Å²) in [7, 11) is 4.25. The molecule has 4 heteroatoms. The van der Waals surface area contributed by atoms with Crippen LogP contribution in [0.15, 0.2) is 35.3 Å². The summed E-state index contributed by atoms with van der Waals surface area (Å²) in [6.07, 6.45) is 4.32. The van der Waals surface area contributed by atoms with Gasteiger partial charge < -0.3 is 14.6 Å². The fourth-order valence-corrected chi connectivity index (χ4v) is 2.79. The number of nitrogens with one attached hydrogen (secondary N) is 1. The number of oxazole rings is 1. The maximum atomic E-state index is 5.09. The molecule has 0 spiro atoms. The Morgan fingerprint density at radius 1 is 1.45 bits per heavy atom. The first-order chi connectivity index (χ1) is 9.58. The van der Waals surface area contributed by atoms with E-state index in [1.54, 1.807) is 6.26 Å². The molecule has 108 valence electrons. The van der Waals surface area contributed by atoms with E-state index < -0.39 is 0 Å². The minimum Gasteiger partial charge on any atom is -0.451 e. The minimum atomic E-state index is 0. The van der Waals surface area contributed by atoms with E-state index in [1.165, 1.54) is 17.6 Å². The molecule has 0 amide bonds. The summed E-state index contributed by atoms with van der Waals surface area (Å²) in [6, 6.07) is 6.50. The van der Waals surface area contributed by atoms with E-state index in [-0.39, 0.29) is 6.84 Å². The van der Waals surface area contributed by atoms with Gasteiger partial charge in [-0.1, -0.05) is 13.0 Å². The zero-order valence-electron chi connectivity index (χ0n) is 12.3. The van der Waals surface area contributed by atoms with Crippen LogP contribution < -0.4 is 5.32 Å². The van der Waals surface area contributed by atoms with Crippen LogP contribution in [-0.2, 0) is 5.41 Å². The number of anilines is 1. The van der Waals surface area contributed by atoms with Crippen LogP contribution in [0.25, 0.3) is 11.3 Å². The largest absolute Gasteiger partial charge is 0.451 e. The van der Waals surface area contributed by atoms with Crippen molar-refractivity contribution in [3.8, 4) is 11.3 Å². The molecule has 0 fully saturated rings. The molecule has 0 saturated carbocycles. The third-order valence-electron chi connectivity index (χ3n) is 4.18. The van der Waals surface area contributed by atoms with E-state index in [4.69, 9.17) is 4.42 Å². The summed E-state index contributed by atoms with van der Waals surface area (Å²) in [6.45, 7) is 4.42. The molecule has 0 bridgehead atoms. The third kappa shape index (κ3) is 2.31. The van der Waals surface area contributed by atoms with Gasteiger partial charge in [-0.15, -0.1) is 0 Å². The molecule has 0 saturated heterocycles. The highest BCUT2D eigenvalue weighted by Gasteiger charge is 2.34. The van der Waals surface area contributed by atoms with Crippen molar-refractivity contribution in [3.05, 3.63) is 36.4 Å². The number of hydrogen-bond acceptors (Lipinski definition) is 4. The van der Waals surface area contributed by atoms with Gasteiger partial charge in [0.1, 0.15) is 12.0 Å². The predicted octanol–water partition coefficient (Wildman–Crippen LogP) is 3.22. The van der Waals surface area contributed by atoms with Crippen LogP contribution >= 0.6 is 0 Å². The van der Waals surface area contributed by atoms with Gasteiger partial charge in [0.2, 0.25) is 0 Å². The first-order valence-corrected chi connectivity index (χ1v) is 7.00. The second-order valence-electron chi connectivity index (χ2n) is 6.10. The smallest absolute Gasteiger partial charge is 0.181 e. The maximum absolute atomic E-state index is 5.09. The second-order valence-corrected chi connectivity index (χ2v) is 6.10. The minimum absolute atomic E-state index is 0. The van der Waals surface area contributed by atoms with E-state index in [1.807, 2.05) is 0 Å². The van der Waals surface area contributed by atoms with E-state index in [2.05, 4.69) is 54.4 Å². The topological polar surface area (TPSA) is 41.3 Å². The Labute approximate surface area is 121 Å². The van der Waals surface area contributed by atoms with Gasteiger partial charge in [-0.05, 0) is 44.8 Å². The lowest BCUT2D eigenvalue weighted by Gasteiger charge is -2.26. The Bertz CT molecular complexity index is 598. The van der Waals surface area contributed by atoms with Crippen LogP contribution in [0.3, 0.4) is 0 Å². The normalized spacial score (nSPS) is 21.0. The van der Waals surface area contributed by atoms with Crippen LogP contribution in [0.2, 0.25) is 0 Å². The van der Waals surface area contributed by atoms with Crippen molar-refractivity contribution in [2.24, 2.45) is 0 Å². The fourth-order valence-electron chi connectivity index (χ4n) is 2.79. The van der Waals surface area contributed by atoms with Gasteiger partial charge in [-0.2, -0.15) is 0 Å². The molecule has 20 heavy (non-hydrogen) atoms. The molecule has 1 aliphatic rings. The van der Waals surface area contributed by atoms with E-state index in [0.29, 0.717) is 0 Å². The van der Waals surface area contributed by atoms with Crippen LogP contribution in [0.4, 0.5) is 5.69 Å². The number of rotatable bonds is 4. The molecule has 4 nitrogen and oxygen atoms in total. The average Bonchev–Trinajstić information content (AvgIpc) is 3.06. The molecule has 0 radical (unpaired) electrons.